The van der Waals surface area contributed by atoms with Crippen LogP contribution in [0.2, 0.25) is 0 Å². The number of hydrogen-bond donors (Lipinski definition) is 1. The summed E-state index contributed by atoms with van der Waals surface area (Å²) in [4.78, 5) is 10.0. The zero-order valence-corrected chi connectivity index (χ0v) is 30.6. The number of amidine groups is 2. The molecule has 4 heteroatoms. The highest BCUT2D eigenvalue weighted by Crippen LogP contribution is 2.41. The molecule has 258 valence electrons. The van der Waals surface area contributed by atoms with E-state index in [2.05, 4.69) is 169 Å². The molecule has 0 spiro atoms. The van der Waals surface area contributed by atoms with Crippen LogP contribution < -0.4 is 5.32 Å². The molecule has 55 heavy (non-hydrogen) atoms. The minimum atomic E-state index is -0.221. The van der Waals surface area contributed by atoms with E-state index in [9.17, 15) is 0 Å². The third-order valence-corrected chi connectivity index (χ3v) is 12.1. The van der Waals surface area contributed by atoms with Crippen LogP contribution in [0.4, 0.5) is 0 Å². The van der Waals surface area contributed by atoms with Gasteiger partial charge in [0, 0.05) is 31.3 Å². The molecule has 1 unspecified atom stereocenters. The van der Waals surface area contributed by atoms with Crippen molar-refractivity contribution in [1.29, 1.82) is 0 Å². The lowest BCUT2D eigenvalue weighted by atomic mass is 9.92. The van der Waals surface area contributed by atoms with Gasteiger partial charge in [-0.3, -0.25) is 0 Å². The standard InChI is InChI=1S/C51H33N3S/c1-3-11-33(12-4-1)49-52-50(34-13-5-2-6-14-34)54-51(53-49)35-21-19-32(20-22-35)38-24-27-44-46-30-37(25-28-47(46)55-48(44)31-38)36-23-26-43-41-17-8-7-15-39(41)40-16-9-10-18-42(40)45(43)29-36/h1-31,49H,(H,52,53,54). The van der Waals surface area contributed by atoms with Crippen molar-refractivity contribution in [2.45, 2.75) is 6.17 Å². The average molecular weight is 720 g/mol. The molecular formula is C51H33N3S. The van der Waals surface area contributed by atoms with Gasteiger partial charge >= 0.3 is 0 Å². The second kappa shape index (κ2) is 12.9. The molecule has 1 aromatic heterocycles. The number of rotatable bonds is 5. The van der Waals surface area contributed by atoms with E-state index in [1.54, 1.807) is 0 Å². The monoisotopic (exact) mass is 719 g/mol. The smallest absolute Gasteiger partial charge is 0.159 e. The molecule has 0 radical (unpaired) electrons. The molecule has 0 bridgehead atoms. The normalized spacial score (nSPS) is 14.4. The van der Waals surface area contributed by atoms with Gasteiger partial charge in [-0.15, -0.1) is 11.3 Å². The van der Waals surface area contributed by atoms with E-state index in [0.29, 0.717) is 0 Å². The molecule has 1 atom stereocenters. The fraction of sp³-hybridized carbons (Fsp3) is 0.0196. The van der Waals surface area contributed by atoms with Crippen molar-refractivity contribution in [3.05, 3.63) is 205 Å². The number of thiophene rings is 1. The highest BCUT2D eigenvalue weighted by molar-refractivity contribution is 7.25. The molecule has 3 nitrogen and oxygen atoms in total. The van der Waals surface area contributed by atoms with Gasteiger partial charge in [0.05, 0.1) is 0 Å². The first-order valence-corrected chi connectivity index (χ1v) is 19.5. The van der Waals surface area contributed by atoms with Crippen molar-refractivity contribution in [2.75, 3.05) is 0 Å². The predicted molar refractivity (Wildman–Crippen MR) is 235 cm³/mol. The molecule has 10 aromatic rings. The summed E-state index contributed by atoms with van der Waals surface area (Å²) >= 11 is 1.86. The van der Waals surface area contributed by atoms with Gasteiger partial charge in [0.2, 0.25) is 0 Å². The van der Waals surface area contributed by atoms with Crippen LogP contribution in [0, 0.1) is 0 Å². The molecule has 0 amide bonds. The summed E-state index contributed by atoms with van der Waals surface area (Å²) in [5.41, 5.74) is 7.96. The summed E-state index contributed by atoms with van der Waals surface area (Å²) in [6.45, 7) is 0. The Hall–Kier alpha value is -6.88. The zero-order chi connectivity index (χ0) is 36.3. The van der Waals surface area contributed by atoms with E-state index < -0.39 is 0 Å². The van der Waals surface area contributed by atoms with Gasteiger partial charge in [-0.2, -0.15) is 0 Å². The Labute approximate surface area is 322 Å². The minimum absolute atomic E-state index is 0.221. The Morgan fingerprint density at radius 2 is 0.873 bits per heavy atom. The van der Waals surface area contributed by atoms with E-state index in [1.165, 1.54) is 74.7 Å². The van der Waals surface area contributed by atoms with Crippen molar-refractivity contribution in [2.24, 2.45) is 9.98 Å². The van der Waals surface area contributed by atoms with Gasteiger partial charge in [0.1, 0.15) is 12.0 Å². The maximum atomic E-state index is 5.05. The molecule has 2 heterocycles. The molecule has 1 N–H and O–H groups in total. The summed E-state index contributed by atoms with van der Waals surface area (Å²) < 4.78 is 2.59. The molecule has 1 aliphatic heterocycles. The summed E-state index contributed by atoms with van der Waals surface area (Å²) in [5.74, 6) is 1.55. The molecule has 0 fully saturated rings. The van der Waals surface area contributed by atoms with Gasteiger partial charge in [-0.05, 0) is 84.4 Å². The van der Waals surface area contributed by atoms with Gasteiger partial charge < -0.3 is 5.32 Å². The quantitative estimate of drug-likeness (QED) is 0.177. The van der Waals surface area contributed by atoms with Crippen LogP contribution in [0.3, 0.4) is 0 Å². The minimum Gasteiger partial charge on any atom is -0.344 e. The molecule has 9 aromatic carbocycles. The van der Waals surface area contributed by atoms with E-state index in [4.69, 9.17) is 9.98 Å². The zero-order valence-electron chi connectivity index (χ0n) is 29.8. The lowest BCUT2D eigenvalue weighted by Gasteiger charge is -2.23. The van der Waals surface area contributed by atoms with Crippen LogP contribution >= 0.6 is 11.3 Å². The van der Waals surface area contributed by atoms with Crippen LogP contribution in [0.25, 0.3) is 74.7 Å². The summed E-state index contributed by atoms with van der Waals surface area (Å²) in [5, 5.41) is 13.9. The van der Waals surface area contributed by atoms with E-state index in [1.807, 2.05) is 35.6 Å². The largest absolute Gasteiger partial charge is 0.344 e. The van der Waals surface area contributed by atoms with Crippen LogP contribution in [0.5, 0.6) is 0 Å². The SMILES string of the molecule is c1ccc(C2=NC(c3ccc(-c4ccc5c(c4)sc4ccc(-c6ccc7c8ccccc8c8ccccc8c7c6)cc45)cc3)=NC(c3ccccc3)N2)cc1. The van der Waals surface area contributed by atoms with Crippen molar-refractivity contribution in [3.8, 4) is 22.3 Å². The summed E-state index contributed by atoms with van der Waals surface area (Å²) in [6, 6.07) is 67.6. The summed E-state index contributed by atoms with van der Waals surface area (Å²) in [6.07, 6.45) is -0.221. The number of hydrogen-bond acceptors (Lipinski definition) is 4. The van der Waals surface area contributed by atoms with Gasteiger partial charge in [0.25, 0.3) is 0 Å². The molecule has 0 saturated carbocycles. The second-order valence-corrected chi connectivity index (χ2v) is 15.3. The Bertz CT molecular complexity index is 3120. The molecular weight excluding hydrogens is 687 g/mol. The van der Waals surface area contributed by atoms with Crippen molar-refractivity contribution in [3.63, 3.8) is 0 Å². The van der Waals surface area contributed by atoms with Crippen LogP contribution in [-0.2, 0) is 0 Å². The molecule has 1 aliphatic rings. The third kappa shape index (κ3) is 5.50. The first-order chi connectivity index (χ1) is 27.2. The van der Waals surface area contributed by atoms with Gasteiger partial charge in [-0.25, -0.2) is 9.98 Å². The average Bonchev–Trinajstić information content (AvgIpc) is 3.64. The van der Waals surface area contributed by atoms with Crippen LogP contribution in [0.1, 0.15) is 22.9 Å². The Morgan fingerprint density at radius 3 is 1.56 bits per heavy atom. The fourth-order valence-electron chi connectivity index (χ4n) is 8.16. The van der Waals surface area contributed by atoms with Gasteiger partial charge in [-0.1, -0.05) is 164 Å². The predicted octanol–water partition coefficient (Wildman–Crippen LogP) is 13.3. The first-order valence-electron chi connectivity index (χ1n) is 18.7. The Morgan fingerprint density at radius 1 is 0.364 bits per heavy atom. The van der Waals surface area contributed by atoms with E-state index >= 15 is 0 Å². The van der Waals surface area contributed by atoms with E-state index in [0.717, 1.165) is 28.4 Å². The number of fused-ring (bicyclic) bond motifs is 9. The van der Waals surface area contributed by atoms with Crippen LogP contribution in [-0.4, -0.2) is 11.7 Å². The lowest BCUT2D eigenvalue weighted by Crippen LogP contribution is -2.33. The number of nitrogens with one attached hydrogen (secondary N) is 1. The Balaban J connectivity index is 0.932. The van der Waals surface area contributed by atoms with Crippen LogP contribution in [0.15, 0.2) is 198 Å². The molecule has 0 aliphatic carbocycles. The van der Waals surface area contributed by atoms with Crippen molar-refractivity contribution in [1.82, 2.24) is 5.32 Å². The fourth-order valence-corrected chi connectivity index (χ4v) is 9.29. The highest BCUT2D eigenvalue weighted by Gasteiger charge is 2.21. The Kier molecular flexibility index (Phi) is 7.42. The second-order valence-electron chi connectivity index (χ2n) is 14.2. The number of aliphatic imine (C=N–C) groups is 2. The number of nitrogens with zero attached hydrogens (tertiary/aromatic N) is 2. The molecule has 11 rings (SSSR count). The maximum Gasteiger partial charge on any atom is 0.159 e. The first kappa shape index (κ1) is 31.6. The third-order valence-electron chi connectivity index (χ3n) is 10.9. The topological polar surface area (TPSA) is 36.8 Å². The van der Waals surface area contributed by atoms with Crippen molar-refractivity contribution >= 4 is 75.5 Å². The highest BCUT2D eigenvalue weighted by atomic mass is 32.1. The van der Waals surface area contributed by atoms with Crippen molar-refractivity contribution < 1.29 is 0 Å². The van der Waals surface area contributed by atoms with E-state index in [-0.39, 0.29) is 6.17 Å². The maximum absolute atomic E-state index is 5.05. The summed E-state index contributed by atoms with van der Waals surface area (Å²) in [7, 11) is 0. The molecule has 0 saturated heterocycles. The number of benzene rings is 9. The van der Waals surface area contributed by atoms with Gasteiger partial charge in [0.15, 0.2) is 5.84 Å². The lowest BCUT2D eigenvalue weighted by molar-refractivity contribution is 0.674.